The van der Waals surface area contributed by atoms with Gasteiger partial charge in [-0.3, -0.25) is 0 Å². The average molecular weight is 404 g/mol. The summed E-state index contributed by atoms with van der Waals surface area (Å²) in [5.41, 5.74) is 0. The second-order valence-electron chi connectivity index (χ2n) is 7.71. The maximum atomic E-state index is 13.2. The van der Waals surface area contributed by atoms with Gasteiger partial charge in [0.2, 0.25) is 0 Å². The molecule has 1 N–H and O–H groups in total. The van der Waals surface area contributed by atoms with Crippen molar-refractivity contribution < 1.29 is 14.2 Å². The first-order valence-corrected chi connectivity index (χ1v) is 10.1. The topological polar surface area (TPSA) is 29.5 Å². The highest BCUT2D eigenvalue weighted by Crippen LogP contribution is 2.40. The lowest BCUT2D eigenvalue weighted by molar-refractivity contribution is 0.412. The molecule has 0 saturated carbocycles. The number of hydrogen-bond donors (Lipinski definition) is 1. The normalized spacial score (nSPS) is 11.5. The van der Waals surface area contributed by atoms with Crippen molar-refractivity contribution in [2.45, 2.75) is 0 Å². The molecular weight excluding hydrogens is 387 g/mol. The van der Waals surface area contributed by atoms with Crippen molar-refractivity contribution >= 4 is 43.1 Å². The molecule has 0 aromatic heterocycles. The molecule has 0 unspecified atom stereocenters. The number of rotatable bonds is 2. The maximum Gasteiger partial charge on any atom is 0.169 e. The first kappa shape index (κ1) is 17.7. The van der Waals surface area contributed by atoms with Gasteiger partial charge in [0.05, 0.1) is 0 Å². The van der Waals surface area contributed by atoms with Crippen LogP contribution in [0.5, 0.6) is 17.2 Å². The zero-order valence-corrected chi connectivity index (χ0v) is 16.5. The van der Waals surface area contributed by atoms with Crippen LogP contribution in [-0.2, 0) is 0 Å². The summed E-state index contributed by atoms with van der Waals surface area (Å²) in [6.07, 6.45) is 0. The summed E-state index contributed by atoms with van der Waals surface area (Å²) in [4.78, 5) is 0. The summed E-state index contributed by atoms with van der Waals surface area (Å²) in [6.45, 7) is 0. The van der Waals surface area contributed by atoms with Gasteiger partial charge in [-0.05, 0) is 79.5 Å². The van der Waals surface area contributed by atoms with Crippen LogP contribution < -0.4 is 4.74 Å². The third-order valence-electron chi connectivity index (χ3n) is 5.86. The number of benzene rings is 6. The lowest BCUT2D eigenvalue weighted by Crippen LogP contribution is -1.87. The lowest BCUT2D eigenvalue weighted by atomic mass is 9.94. The number of aromatic hydroxyl groups is 1. The molecule has 6 aromatic rings. The number of hydrogen-bond acceptors (Lipinski definition) is 2. The Morgan fingerprint density at radius 1 is 0.548 bits per heavy atom. The zero-order valence-electron chi connectivity index (χ0n) is 16.5. The van der Waals surface area contributed by atoms with Crippen LogP contribution in [0.4, 0.5) is 4.39 Å². The van der Waals surface area contributed by atoms with Crippen molar-refractivity contribution in [1.82, 2.24) is 0 Å². The van der Waals surface area contributed by atoms with Crippen LogP contribution in [0, 0.1) is 5.82 Å². The van der Waals surface area contributed by atoms with Gasteiger partial charge in [0.25, 0.3) is 0 Å². The molecule has 6 aromatic carbocycles. The van der Waals surface area contributed by atoms with E-state index in [2.05, 4.69) is 54.6 Å². The summed E-state index contributed by atoms with van der Waals surface area (Å²) in [5.74, 6) is 0.516. The van der Waals surface area contributed by atoms with Crippen LogP contribution in [0.3, 0.4) is 0 Å². The second-order valence-corrected chi connectivity index (χ2v) is 7.71. The Bertz CT molecular complexity index is 1620. The molecule has 6 rings (SSSR count). The molecular formula is C28H17FO2. The molecule has 0 aliphatic carbocycles. The Labute approximate surface area is 177 Å². The third kappa shape index (κ3) is 2.86. The highest BCUT2D eigenvalue weighted by Gasteiger charge is 2.11. The SMILES string of the molecule is Oc1cc2ccc3c(ccc4c5ccccc5ccc43)c2cc1Oc1ccc(F)cc1. The van der Waals surface area contributed by atoms with Gasteiger partial charge in [-0.1, -0.05) is 60.7 Å². The van der Waals surface area contributed by atoms with Crippen molar-refractivity contribution in [1.29, 1.82) is 0 Å². The lowest BCUT2D eigenvalue weighted by Gasteiger charge is -2.13. The van der Waals surface area contributed by atoms with Gasteiger partial charge in [-0.25, -0.2) is 4.39 Å². The highest BCUT2D eigenvalue weighted by molar-refractivity contribution is 6.22. The maximum absolute atomic E-state index is 13.2. The quantitative estimate of drug-likeness (QED) is 0.297. The van der Waals surface area contributed by atoms with Crippen LogP contribution in [-0.4, -0.2) is 5.11 Å². The van der Waals surface area contributed by atoms with E-state index in [1.807, 2.05) is 12.1 Å². The Balaban J connectivity index is 1.59. The van der Waals surface area contributed by atoms with Crippen molar-refractivity contribution in [3.8, 4) is 17.2 Å². The van der Waals surface area contributed by atoms with E-state index in [1.54, 1.807) is 18.2 Å². The fourth-order valence-electron chi connectivity index (χ4n) is 4.37. The number of ether oxygens (including phenoxy) is 1. The Hall–Kier alpha value is -4.11. The van der Waals surface area contributed by atoms with Crippen LogP contribution >= 0.6 is 0 Å². The van der Waals surface area contributed by atoms with Gasteiger partial charge < -0.3 is 9.84 Å². The van der Waals surface area contributed by atoms with Crippen LogP contribution in [0.25, 0.3) is 43.1 Å². The second kappa shape index (κ2) is 6.71. The van der Waals surface area contributed by atoms with Crippen molar-refractivity contribution in [3.63, 3.8) is 0 Å². The molecule has 0 fully saturated rings. The van der Waals surface area contributed by atoms with Crippen LogP contribution in [0.15, 0.2) is 97.1 Å². The minimum atomic E-state index is -0.333. The Kier molecular flexibility index (Phi) is 3.84. The molecule has 0 atom stereocenters. The van der Waals surface area contributed by atoms with Crippen LogP contribution in [0.1, 0.15) is 0 Å². The molecule has 0 spiro atoms. The van der Waals surface area contributed by atoms with Gasteiger partial charge in [0, 0.05) is 0 Å². The fraction of sp³-hybridized carbons (Fsp3) is 0. The van der Waals surface area contributed by atoms with E-state index in [1.165, 1.54) is 33.7 Å². The van der Waals surface area contributed by atoms with E-state index in [0.29, 0.717) is 11.5 Å². The average Bonchev–Trinajstić information content (AvgIpc) is 2.80. The monoisotopic (exact) mass is 404 g/mol. The van der Waals surface area contributed by atoms with Crippen LogP contribution in [0.2, 0.25) is 0 Å². The minimum Gasteiger partial charge on any atom is -0.504 e. The van der Waals surface area contributed by atoms with Crippen molar-refractivity contribution in [2.75, 3.05) is 0 Å². The van der Waals surface area contributed by atoms with Gasteiger partial charge in [-0.2, -0.15) is 0 Å². The van der Waals surface area contributed by atoms with E-state index < -0.39 is 0 Å². The van der Waals surface area contributed by atoms with E-state index >= 15 is 0 Å². The third-order valence-corrected chi connectivity index (χ3v) is 5.86. The van der Waals surface area contributed by atoms with E-state index in [0.717, 1.165) is 21.5 Å². The standard InChI is InChI=1S/C28H17FO2/c29-19-7-9-20(10-8-19)31-28-16-26-18(15-27(28)30)6-12-24-23-11-5-17-3-1-2-4-21(17)22(23)13-14-25(24)26/h1-16,30H. The first-order valence-electron chi connectivity index (χ1n) is 10.1. The summed E-state index contributed by atoms with van der Waals surface area (Å²) in [7, 11) is 0. The molecule has 0 amide bonds. The number of phenolic OH excluding ortho intramolecular Hbond substituents is 1. The van der Waals surface area contributed by atoms with Gasteiger partial charge >= 0.3 is 0 Å². The Morgan fingerprint density at radius 3 is 1.94 bits per heavy atom. The molecule has 2 nitrogen and oxygen atoms in total. The summed E-state index contributed by atoms with van der Waals surface area (Å²) in [6, 6.07) is 30.4. The zero-order chi connectivity index (χ0) is 20.9. The van der Waals surface area contributed by atoms with Gasteiger partial charge in [0.1, 0.15) is 11.6 Å². The molecule has 148 valence electrons. The number of fused-ring (bicyclic) bond motifs is 7. The molecule has 0 aliphatic heterocycles. The molecule has 0 bridgehead atoms. The summed E-state index contributed by atoms with van der Waals surface area (Å²) < 4.78 is 19.1. The smallest absolute Gasteiger partial charge is 0.169 e. The summed E-state index contributed by atoms with van der Waals surface area (Å²) >= 11 is 0. The van der Waals surface area contributed by atoms with Gasteiger partial charge in [0.15, 0.2) is 11.5 Å². The first-order chi connectivity index (χ1) is 15.2. The predicted octanol–water partition coefficient (Wildman–Crippen LogP) is 7.94. The van der Waals surface area contributed by atoms with Gasteiger partial charge in [-0.15, -0.1) is 0 Å². The molecule has 3 heteroatoms. The number of phenols is 1. The van der Waals surface area contributed by atoms with Crippen molar-refractivity contribution in [3.05, 3.63) is 103 Å². The van der Waals surface area contributed by atoms with Crippen molar-refractivity contribution in [2.24, 2.45) is 0 Å². The van der Waals surface area contributed by atoms with E-state index in [-0.39, 0.29) is 11.6 Å². The molecule has 0 aliphatic rings. The molecule has 0 radical (unpaired) electrons. The summed E-state index contributed by atoms with van der Waals surface area (Å²) in [5, 5.41) is 19.5. The molecule has 0 heterocycles. The highest BCUT2D eigenvalue weighted by atomic mass is 19.1. The minimum absolute atomic E-state index is 0.0444. The molecule has 0 saturated heterocycles. The molecule has 31 heavy (non-hydrogen) atoms. The predicted molar refractivity (Wildman–Crippen MR) is 125 cm³/mol. The number of halogens is 1. The van der Waals surface area contributed by atoms with E-state index in [9.17, 15) is 9.50 Å². The Morgan fingerprint density at radius 2 is 1.16 bits per heavy atom. The fourth-order valence-corrected chi connectivity index (χ4v) is 4.37. The van der Waals surface area contributed by atoms with E-state index in [4.69, 9.17) is 4.74 Å². The largest absolute Gasteiger partial charge is 0.504 e.